The number of nitrogens with one attached hydrogen (secondary N) is 1. The molecule has 2 heterocycles. The van der Waals surface area contributed by atoms with Crippen LogP contribution in [0, 0.1) is 6.92 Å². The molecule has 8 heteroatoms. The zero-order chi connectivity index (χ0) is 20.0. The summed E-state index contributed by atoms with van der Waals surface area (Å²) >= 11 is 0. The quantitative estimate of drug-likeness (QED) is 0.696. The monoisotopic (exact) mass is 390 g/mol. The molecule has 29 heavy (non-hydrogen) atoms. The predicted molar refractivity (Wildman–Crippen MR) is 105 cm³/mol. The maximum absolute atomic E-state index is 13.1. The molecule has 0 saturated heterocycles. The van der Waals surface area contributed by atoms with Crippen LogP contribution in [0.2, 0.25) is 0 Å². The lowest BCUT2D eigenvalue weighted by Crippen LogP contribution is -2.33. The van der Waals surface area contributed by atoms with Crippen LogP contribution >= 0.6 is 0 Å². The fourth-order valence-electron chi connectivity index (χ4n) is 3.33. The van der Waals surface area contributed by atoms with E-state index in [1.165, 1.54) is 0 Å². The summed E-state index contributed by atoms with van der Waals surface area (Å²) in [5.41, 5.74) is 2.50. The van der Waals surface area contributed by atoms with Crippen LogP contribution < -0.4 is 5.32 Å². The molecule has 8 nitrogen and oxygen atoms in total. The molecule has 0 atom stereocenters. The molecular formula is C21H22N6O2. The second-order valence-corrected chi connectivity index (χ2v) is 7.84. The Morgan fingerprint density at radius 3 is 2.55 bits per heavy atom. The van der Waals surface area contributed by atoms with E-state index in [1.54, 1.807) is 10.7 Å². The fourth-order valence-corrected chi connectivity index (χ4v) is 3.33. The van der Waals surface area contributed by atoms with Crippen molar-refractivity contribution in [3.8, 4) is 0 Å². The Bertz CT molecular complexity index is 1080. The Morgan fingerprint density at radius 2 is 1.90 bits per heavy atom. The summed E-state index contributed by atoms with van der Waals surface area (Å²) in [4.78, 5) is 35.6. The maximum Gasteiger partial charge on any atom is 0.294 e. The molecule has 0 aliphatic heterocycles. The van der Waals surface area contributed by atoms with Gasteiger partial charge in [-0.3, -0.25) is 9.59 Å². The van der Waals surface area contributed by atoms with Crippen molar-refractivity contribution in [1.29, 1.82) is 0 Å². The van der Waals surface area contributed by atoms with E-state index in [-0.39, 0.29) is 23.7 Å². The first-order valence-electron chi connectivity index (χ1n) is 9.97. The molecule has 1 N–H and O–H groups in total. The number of carbonyl (C=O) groups excluding carboxylic acids is 2. The first kappa shape index (κ1) is 17.8. The Kier molecular flexibility index (Phi) is 4.26. The SMILES string of the molecule is Cc1ccnc2nc(C(=O)N(Cc3ccc(C(=O)NC4CC4)cc3)C3CC3)nn12. The third-order valence-electron chi connectivity index (χ3n) is 5.35. The number of hydrogen-bond acceptors (Lipinski definition) is 5. The first-order valence-corrected chi connectivity index (χ1v) is 9.97. The van der Waals surface area contributed by atoms with Crippen molar-refractivity contribution < 1.29 is 9.59 Å². The first-order chi connectivity index (χ1) is 14.1. The van der Waals surface area contributed by atoms with Gasteiger partial charge in [-0.1, -0.05) is 12.1 Å². The minimum Gasteiger partial charge on any atom is -0.349 e. The van der Waals surface area contributed by atoms with E-state index in [2.05, 4.69) is 20.4 Å². The van der Waals surface area contributed by atoms with Gasteiger partial charge in [0, 0.05) is 36.1 Å². The van der Waals surface area contributed by atoms with Crippen molar-refractivity contribution in [2.24, 2.45) is 0 Å². The second kappa shape index (κ2) is 6.95. The Hall–Kier alpha value is -3.29. The zero-order valence-electron chi connectivity index (χ0n) is 16.2. The van der Waals surface area contributed by atoms with E-state index >= 15 is 0 Å². The van der Waals surface area contributed by atoms with Crippen LogP contribution in [0.5, 0.6) is 0 Å². The third kappa shape index (κ3) is 3.70. The molecular weight excluding hydrogens is 368 g/mol. The fraction of sp³-hybridized carbons (Fsp3) is 0.381. The highest BCUT2D eigenvalue weighted by molar-refractivity contribution is 5.94. The number of benzene rings is 1. The largest absolute Gasteiger partial charge is 0.349 e. The molecule has 2 aliphatic rings. The van der Waals surface area contributed by atoms with Crippen LogP contribution in [0.25, 0.3) is 5.78 Å². The van der Waals surface area contributed by atoms with Crippen molar-refractivity contribution in [2.45, 2.75) is 51.2 Å². The average Bonchev–Trinajstić information content (AvgIpc) is 3.65. The van der Waals surface area contributed by atoms with Crippen LogP contribution in [0.4, 0.5) is 0 Å². The molecule has 5 rings (SSSR count). The number of aryl methyl sites for hydroxylation is 1. The summed E-state index contributed by atoms with van der Waals surface area (Å²) in [6, 6.07) is 9.83. The molecule has 2 aromatic heterocycles. The summed E-state index contributed by atoms with van der Waals surface area (Å²) < 4.78 is 1.59. The van der Waals surface area contributed by atoms with Crippen LogP contribution in [-0.4, -0.2) is 48.4 Å². The van der Waals surface area contributed by atoms with Crippen LogP contribution in [-0.2, 0) is 6.54 Å². The number of amides is 2. The van der Waals surface area contributed by atoms with Gasteiger partial charge in [0.1, 0.15) is 0 Å². The number of fused-ring (bicyclic) bond motifs is 1. The van der Waals surface area contributed by atoms with Crippen molar-refractivity contribution >= 4 is 17.6 Å². The molecule has 3 aromatic rings. The zero-order valence-corrected chi connectivity index (χ0v) is 16.2. The van der Waals surface area contributed by atoms with Gasteiger partial charge in [-0.15, -0.1) is 5.10 Å². The molecule has 148 valence electrons. The smallest absolute Gasteiger partial charge is 0.294 e. The maximum atomic E-state index is 13.1. The highest BCUT2D eigenvalue weighted by Gasteiger charge is 2.35. The molecule has 1 aromatic carbocycles. The molecule has 2 amide bonds. The average molecular weight is 390 g/mol. The van der Waals surface area contributed by atoms with Crippen molar-refractivity contribution in [2.75, 3.05) is 0 Å². The van der Waals surface area contributed by atoms with E-state index in [0.29, 0.717) is 23.9 Å². The van der Waals surface area contributed by atoms with E-state index < -0.39 is 0 Å². The molecule has 0 radical (unpaired) electrons. The molecule has 2 saturated carbocycles. The summed E-state index contributed by atoms with van der Waals surface area (Å²) in [5.74, 6) is 0.369. The van der Waals surface area contributed by atoms with Crippen molar-refractivity contribution in [3.63, 3.8) is 0 Å². The Labute approximate surface area is 168 Å². The lowest BCUT2D eigenvalue weighted by molar-refractivity contribution is 0.0717. The van der Waals surface area contributed by atoms with E-state index in [4.69, 9.17) is 0 Å². The van der Waals surface area contributed by atoms with Crippen LogP contribution in [0.3, 0.4) is 0 Å². The summed E-state index contributed by atoms with van der Waals surface area (Å²) in [7, 11) is 0. The summed E-state index contributed by atoms with van der Waals surface area (Å²) in [6.45, 7) is 2.37. The number of hydrogen-bond donors (Lipinski definition) is 1. The second-order valence-electron chi connectivity index (χ2n) is 7.84. The number of aromatic nitrogens is 4. The van der Waals surface area contributed by atoms with Gasteiger partial charge in [0.2, 0.25) is 5.82 Å². The summed E-state index contributed by atoms with van der Waals surface area (Å²) in [5, 5.41) is 7.34. The van der Waals surface area contributed by atoms with Gasteiger partial charge in [-0.25, -0.2) is 9.50 Å². The molecule has 0 bridgehead atoms. The molecule has 2 aliphatic carbocycles. The molecule has 2 fully saturated rings. The minimum atomic E-state index is -0.187. The standard InChI is InChI=1S/C21H22N6O2/c1-13-10-11-22-21-24-18(25-27(13)21)20(29)26(17-8-9-17)12-14-2-4-15(5-3-14)19(28)23-16-6-7-16/h2-5,10-11,16-17H,6-9,12H2,1H3,(H,23,28). The van der Waals surface area contributed by atoms with E-state index in [9.17, 15) is 9.59 Å². The van der Waals surface area contributed by atoms with E-state index in [0.717, 1.165) is 36.9 Å². The van der Waals surface area contributed by atoms with Crippen molar-refractivity contribution in [1.82, 2.24) is 29.8 Å². The highest BCUT2D eigenvalue weighted by atomic mass is 16.2. The van der Waals surface area contributed by atoms with Crippen LogP contribution in [0.1, 0.15) is 57.9 Å². The Balaban J connectivity index is 1.34. The topological polar surface area (TPSA) is 92.5 Å². The minimum absolute atomic E-state index is 0.0362. The van der Waals surface area contributed by atoms with Crippen molar-refractivity contribution in [3.05, 3.63) is 59.2 Å². The lowest BCUT2D eigenvalue weighted by Gasteiger charge is -2.21. The van der Waals surface area contributed by atoms with Gasteiger partial charge >= 0.3 is 0 Å². The Morgan fingerprint density at radius 1 is 1.14 bits per heavy atom. The third-order valence-corrected chi connectivity index (χ3v) is 5.35. The molecule has 0 spiro atoms. The number of nitrogens with zero attached hydrogens (tertiary/aromatic N) is 5. The lowest BCUT2D eigenvalue weighted by atomic mass is 10.1. The van der Waals surface area contributed by atoms with Gasteiger partial charge < -0.3 is 10.2 Å². The van der Waals surface area contributed by atoms with Gasteiger partial charge in [-0.2, -0.15) is 4.98 Å². The normalized spacial score (nSPS) is 16.0. The van der Waals surface area contributed by atoms with E-state index in [1.807, 2.05) is 42.2 Å². The predicted octanol–water partition coefficient (Wildman–Crippen LogP) is 2.13. The number of carbonyl (C=O) groups is 2. The highest BCUT2D eigenvalue weighted by Crippen LogP contribution is 2.29. The molecule has 0 unspecified atom stereocenters. The van der Waals surface area contributed by atoms with Gasteiger partial charge in [0.05, 0.1) is 0 Å². The van der Waals surface area contributed by atoms with Crippen LogP contribution in [0.15, 0.2) is 36.5 Å². The van der Waals surface area contributed by atoms with Gasteiger partial charge in [0.15, 0.2) is 0 Å². The van der Waals surface area contributed by atoms with Gasteiger partial charge in [0.25, 0.3) is 17.6 Å². The summed E-state index contributed by atoms with van der Waals surface area (Å²) in [6.07, 6.45) is 5.76. The number of rotatable bonds is 6. The van der Waals surface area contributed by atoms with Gasteiger partial charge in [-0.05, 0) is 56.4 Å².